The summed E-state index contributed by atoms with van der Waals surface area (Å²) in [4.78, 5) is 16.9. The first-order valence-corrected chi connectivity index (χ1v) is 11.3. The Morgan fingerprint density at radius 2 is 1.58 bits per heavy atom. The molecule has 0 amide bonds. The lowest BCUT2D eigenvalue weighted by Crippen LogP contribution is -2.52. The van der Waals surface area contributed by atoms with Gasteiger partial charge in [-0.15, -0.1) is 0 Å². The van der Waals surface area contributed by atoms with Crippen LogP contribution in [0, 0.1) is 5.82 Å². The van der Waals surface area contributed by atoms with Crippen LogP contribution in [-0.4, -0.2) is 54.8 Å². The van der Waals surface area contributed by atoms with Gasteiger partial charge in [-0.3, -0.25) is 9.69 Å². The third kappa shape index (κ3) is 6.18. The van der Waals surface area contributed by atoms with E-state index in [0.717, 1.165) is 24.3 Å². The minimum absolute atomic E-state index is 0.0249. The monoisotopic (exact) mass is 448 g/mol. The molecule has 1 aliphatic heterocycles. The molecule has 1 fully saturated rings. The second-order valence-corrected chi connectivity index (χ2v) is 8.20. The van der Waals surface area contributed by atoms with Gasteiger partial charge < -0.3 is 14.7 Å². The van der Waals surface area contributed by atoms with Crippen molar-refractivity contribution >= 4 is 11.5 Å². The second kappa shape index (κ2) is 11.1. The number of anilines is 1. The van der Waals surface area contributed by atoms with E-state index in [1.54, 1.807) is 24.3 Å². The molecule has 33 heavy (non-hydrogen) atoms. The molecule has 1 N–H and O–H groups in total. The van der Waals surface area contributed by atoms with E-state index in [9.17, 15) is 14.3 Å². The molecule has 3 aromatic rings. The largest absolute Gasteiger partial charge is 0.489 e. The molecule has 0 spiro atoms. The van der Waals surface area contributed by atoms with E-state index < -0.39 is 6.23 Å². The van der Waals surface area contributed by atoms with Crippen molar-refractivity contribution in [2.45, 2.75) is 19.1 Å². The summed E-state index contributed by atoms with van der Waals surface area (Å²) in [5, 5.41) is 10.7. The molecule has 6 heteroatoms. The highest BCUT2D eigenvalue weighted by molar-refractivity contribution is 5.98. The normalized spacial score (nSPS) is 15.3. The fourth-order valence-corrected chi connectivity index (χ4v) is 4.06. The maximum Gasteiger partial charge on any atom is 0.166 e. The zero-order valence-electron chi connectivity index (χ0n) is 18.6. The van der Waals surface area contributed by atoms with Crippen LogP contribution in [0.4, 0.5) is 10.1 Å². The summed E-state index contributed by atoms with van der Waals surface area (Å²) < 4.78 is 19.0. The average molecular weight is 449 g/mol. The van der Waals surface area contributed by atoms with Crippen molar-refractivity contribution in [1.29, 1.82) is 0 Å². The summed E-state index contributed by atoms with van der Waals surface area (Å²) in [5.74, 6) is 0.278. The molecular formula is C27H29FN2O3. The lowest BCUT2D eigenvalue weighted by atomic mass is 10.0. The summed E-state index contributed by atoms with van der Waals surface area (Å²) in [7, 11) is 0. The average Bonchev–Trinajstić information content (AvgIpc) is 2.87. The molecule has 1 heterocycles. The number of aryl methyl sites for hydroxylation is 1. The first-order valence-electron chi connectivity index (χ1n) is 11.3. The van der Waals surface area contributed by atoms with Crippen molar-refractivity contribution < 1.29 is 19.0 Å². The van der Waals surface area contributed by atoms with Gasteiger partial charge in [-0.05, 0) is 48.4 Å². The molecule has 0 saturated carbocycles. The predicted molar refractivity (Wildman–Crippen MR) is 127 cm³/mol. The molecule has 1 saturated heterocycles. The van der Waals surface area contributed by atoms with Gasteiger partial charge in [-0.1, -0.05) is 42.5 Å². The van der Waals surface area contributed by atoms with Crippen molar-refractivity contribution in [1.82, 2.24) is 4.90 Å². The number of aliphatic hydroxyl groups excluding tert-OH is 1. The van der Waals surface area contributed by atoms with E-state index in [4.69, 9.17) is 4.74 Å². The Balaban J connectivity index is 1.28. The number of hydrogen-bond donors (Lipinski definition) is 1. The number of piperazine rings is 1. The van der Waals surface area contributed by atoms with Crippen LogP contribution in [-0.2, 0) is 6.42 Å². The highest BCUT2D eigenvalue weighted by Gasteiger charge is 2.23. The van der Waals surface area contributed by atoms with E-state index in [-0.39, 0.29) is 18.2 Å². The maximum absolute atomic E-state index is 13.2. The van der Waals surface area contributed by atoms with E-state index >= 15 is 0 Å². The number of aliphatic hydroxyl groups is 1. The number of ether oxygens (including phenoxy) is 1. The molecular weight excluding hydrogens is 419 g/mol. The number of benzene rings is 3. The third-order valence-corrected chi connectivity index (χ3v) is 5.99. The van der Waals surface area contributed by atoms with Crippen LogP contribution in [0.25, 0.3) is 0 Å². The Kier molecular flexibility index (Phi) is 7.70. The van der Waals surface area contributed by atoms with Crippen molar-refractivity contribution in [3.05, 3.63) is 95.8 Å². The van der Waals surface area contributed by atoms with Gasteiger partial charge in [0.15, 0.2) is 5.78 Å². The number of carbonyl (C=O) groups is 1. The minimum Gasteiger partial charge on any atom is -0.489 e. The molecule has 4 rings (SSSR count). The lowest BCUT2D eigenvalue weighted by molar-refractivity contribution is -0.0302. The van der Waals surface area contributed by atoms with Crippen LogP contribution in [0.5, 0.6) is 5.75 Å². The van der Waals surface area contributed by atoms with Crippen LogP contribution in [0.1, 0.15) is 22.3 Å². The van der Waals surface area contributed by atoms with Crippen LogP contribution < -0.4 is 9.64 Å². The molecule has 1 atom stereocenters. The summed E-state index contributed by atoms with van der Waals surface area (Å²) in [6, 6.07) is 23.6. The number of Topliss-reactive ketones (excluding diaryl/α,β-unsaturated/α-hetero) is 1. The molecule has 172 valence electrons. The summed E-state index contributed by atoms with van der Waals surface area (Å²) in [6.07, 6.45) is 0.306. The quantitative estimate of drug-likeness (QED) is 0.498. The Bertz CT molecular complexity index is 1030. The van der Waals surface area contributed by atoms with Crippen molar-refractivity contribution in [2.75, 3.05) is 37.7 Å². The Morgan fingerprint density at radius 1 is 0.909 bits per heavy atom. The Morgan fingerprint density at radius 3 is 2.30 bits per heavy atom. The van der Waals surface area contributed by atoms with E-state index in [1.165, 1.54) is 12.1 Å². The number of nitrogens with zero attached hydrogens (tertiary/aromatic N) is 2. The molecule has 1 unspecified atom stereocenters. The first-order chi connectivity index (χ1) is 16.1. The number of hydrogen-bond acceptors (Lipinski definition) is 5. The Hall–Kier alpha value is -3.22. The van der Waals surface area contributed by atoms with Crippen molar-refractivity contribution in [3.8, 4) is 5.75 Å². The highest BCUT2D eigenvalue weighted by Crippen LogP contribution is 2.22. The molecule has 3 aromatic carbocycles. The molecule has 0 aliphatic carbocycles. The smallest absolute Gasteiger partial charge is 0.166 e. The Labute approximate surface area is 194 Å². The number of rotatable bonds is 9. The highest BCUT2D eigenvalue weighted by atomic mass is 19.1. The van der Waals surface area contributed by atoms with Crippen LogP contribution >= 0.6 is 0 Å². The van der Waals surface area contributed by atoms with Crippen molar-refractivity contribution in [3.63, 3.8) is 0 Å². The number of halogens is 1. The topological polar surface area (TPSA) is 53.0 Å². The molecule has 1 aliphatic rings. The lowest BCUT2D eigenvalue weighted by Gasteiger charge is -2.38. The second-order valence-electron chi connectivity index (χ2n) is 8.20. The zero-order chi connectivity index (χ0) is 23.0. The predicted octanol–water partition coefficient (Wildman–Crippen LogP) is 4.16. The van der Waals surface area contributed by atoms with Gasteiger partial charge in [0.1, 0.15) is 24.4 Å². The van der Waals surface area contributed by atoms with Gasteiger partial charge in [0.2, 0.25) is 0 Å². The molecule has 0 bridgehead atoms. The summed E-state index contributed by atoms with van der Waals surface area (Å²) >= 11 is 0. The SMILES string of the molecule is O=C(CCc1ccccc1)c1ccccc1OCC(O)N1CCN(c2ccc(F)cc2)CC1. The van der Waals surface area contributed by atoms with Gasteiger partial charge in [-0.25, -0.2) is 4.39 Å². The molecule has 0 radical (unpaired) electrons. The number of ketones is 1. The molecule has 5 nitrogen and oxygen atoms in total. The zero-order valence-corrected chi connectivity index (χ0v) is 18.6. The molecule has 0 aromatic heterocycles. The van der Waals surface area contributed by atoms with E-state index in [0.29, 0.717) is 37.2 Å². The third-order valence-electron chi connectivity index (χ3n) is 5.99. The minimum atomic E-state index is -0.771. The summed E-state index contributed by atoms with van der Waals surface area (Å²) in [6.45, 7) is 2.88. The van der Waals surface area contributed by atoms with E-state index in [2.05, 4.69) is 4.90 Å². The van der Waals surface area contributed by atoms with Crippen LogP contribution in [0.15, 0.2) is 78.9 Å². The first kappa shape index (κ1) is 23.0. The van der Waals surface area contributed by atoms with Gasteiger partial charge in [0.25, 0.3) is 0 Å². The van der Waals surface area contributed by atoms with Crippen molar-refractivity contribution in [2.24, 2.45) is 0 Å². The van der Waals surface area contributed by atoms with Crippen LogP contribution in [0.2, 0.25) is 0 Å². The van der Waals surface area contributed by atoms with Gasteiger partial charge in [0, 0.05) is 38.3 Å². The maximum atomic E-state index is 13.2. The fraction of sp³-hybridized carbons (Fsp3) is 0.296. The summed E-state index contributed by atoms with van der Waals surface area (Å²) in [5.41, 5.74) is 2.64. The van der Waals surface area contributed by atoms with E-state index in [1.807, 2.05) is 47.4 Å². The number of para-hydroxylation sites is 1. The van der Waals surface area contributed by atoms with Gasteiger partial charge >= 0.3 is 0 Å². The van der Waals surface area contributed by atoms with Gasteiger partial charge in [-0.2, -0.15) is 0 Å². The fourth-order valence-electron chi connectivity index (χ4n) is 4.06. The van der Waals surface area contributed by atoms with Crippen LogP contribution in [0.3, 0.4) is 0 Å². The standard InChI is InChI=1S/C27H29FN2O3/c28-22-11-13-23(14-12-22)29-16-18-30(19-17-29)27(32)20-33-26-9-5-4-8-24(26)25(31)15-10-21-6-2-1-3-7-21/h1-9,11-14,27,32H,10,15-20H2. The van der Waals surface area contributed by atoms with Gasteiger partial charge in [0.05, 0.1) is 5.56 Å². The number of carbonyl (C=O) groups excluding carboxylic acids is 1.